The summed E-state index contributed by atoms with van der Waals surface area (Å²) in [5.41, 5.74) is 9.70. The molecular formula is C17H17BrN6O2. The first-order valence-electron chi connectivity index (χ1n) is 8.15. The van der Waals surface area contributed by atoms with Crippen LogP contribution < -0.4 is 10.6 Å². The Labute approximate surface area is 158 Å². The van der Waals surface area contributed by atoms with E-state index in [9.17, 15) is 4.79 Å². The molecule has 0 atom stereocenters. The Morgan fingerprint density at radius 2 is 1.85 bits per heavy atom. The van der Waals surface area contributed by atoms with Crippen LogP contribution in [0.4, 0.5) is 16.3 Å². The molecule has 3 N–H and O–H groups in total. The topological polar surface area (TPSA) is 100.0 Å². The quantitative estimate of drug-likeness (QED) is 0.665. The second-order valence-electron chi connectivity index (χ2n) is 6.09. The summed E-state index contributed by atoms with van der Waals surface area (Å²) in [6.07, 6.45) is 0.584. The third-order valence-electron chi connectivity index (χ3n) is 4.61. The Kier molecular flexibility index (Phi) is 4.15. The number of piperazine rings is 1. The molecule has 1 saturated heterocycles. The molecular weight excluding hydrogens is 400 g/mol. The van der Waals surface area contributed by atoms with Crippen molar-refractivity contribution in [3.05, 3.63) is 41.1 Å². The van der Waals surface area contributed by atoms with Crippen molar-refractivity contribution < 1.29 is 9.90 Å². The molecule has 4 rings (SSSR count). The van der Waals surface area contributed by atoms with Crippen molar-refractivity contribution in [3.63, 3.8) is 0 Å². The predicted molar refractivity (Wildman–Crippen MR) is 102 cm³/mol. The fourth-order valence-electron chi connectivity index (χ4n) is 3.23. The molecule has 0 spiro atoms. The number of halogens is 1. The molecule has 8 nitrogen and oxygen atoms in total. The maximum Gasteiger partial charge on any atom is 0.407 e. The zero-order valence-electron chi connectivity index (χ0n) is 13.8. The summed E-state index contributed by atoms with van der Waals surface area (Å²) in [6.45, 7) is 2.41. The van der Waals surface area contributed by atoms with Gasteiger partial charge in [0, 0.05) is 41.9 Å². The number of nitrogens with zero attached hydrogens (tertiary/aromatic N) is 5. The summed E-state index contributed by atoms with van der Waals surface area (Å²) in [7, 11) is 0. The fourth-order valence-corrected chi connectivity index (χ4v) is 3.82. The molecule has 0 aliphatic carbocycles. The first-order valence-corrected chi connectivity index (χ1v) is 8.95. The molecule has 134 valence electrons. The van der Waals surface area contributed by atoms with Crippen LogP contribution in [0.25, 0.3) is 16.8 Å². The highest BCUT2D eigenvalue weighted by atomic mass is 79.9. The first-order chi connectivity index (χ1) is 12.5. The summed E-state index contributed by atoms with van der Waals surface area (Å²) in [5.74, 6) is 0.422. The van der Waals surface area contributed by atoms with Crippen molar-refractivity contribution in [2.24, 2.45) is 0 Å². The molecule has 1 aliphatic heterocycles. The second kappa shape index (κ2) is 6.49. The van der Waals surface area contributed by atoms with Crippen molar-refractivity contribution in [2.45, 2.75) is 0 Å². The highest BCUT2D eigenvalue weighted by molar-refractivity contribution is 9.10. The van der Waals surface area contributed by atoms with Crippen LogP contribution in [0.15, 0.2) is 41.1 Å². The molecule has 0 unspecified atom stereocenters. The Morgan fingerprint density at radius 1 is 1.15 bits per heavy atom. The van der Waals surface area contributed by atoms with Crippen molar-refractivity contribution in [3.8, 4) is 11.3 Å². The number of carboxylic acid groups (broad SMARTS) is 1. The summed E-state index contributed by atoms with van der Waals surface area (Å²) < 4.78 is 2.62. The molecule has 1 amide bonds. The van der Waals surface area contributed by atoms with Crippen LogP contribution in [-0.2, 0) is 0 Å². The summed E-state index contributed by atoms with van der Waals surface area (Å²) in [6, 6.07) is 10.1. The maximum atomic E-state index is 11.0. The van der Waals surface area contributed by atoms with Gasteiger partial charge < -0.3 is 20.6 Å². The third kappa shape index (κ3) is 2.84. The number of anilines is 2. The lowest BCUT2D eigenvalue weighted by Gasteiger charge is -2.34. The SMILES string of the molecule is Nc1ncnn2c(-c3ccc(N4CCN(C(=O)O)CC4)cc3)cc(Br)c12. The number of aromatic nitrogens is 3. The van der Waals surface area contributed by atoms with Gasteiger partial charge in [0.1, 0.15) is 11.8 Å². The lowest BCUT2D eigenvalue weighted by molar-refractivity contribution is 0.142. The largest absolute Gasteiger partial charge is 0.465 e. The van der Waals surface area contributed by atoms with E-state index in [0.717, 1.165) is 26.9 Å². The van der Waals surface area contributed by atoms with E-state index < -0.39 is 6.09 Å². The number of amides is 1. The highest BCUT2D eigenvalue weighted by Crippen LogP contribution is 2.32. The molecule has 9 heteroatoms. The number of hydrogen-bond donors (Lipinski definition) is 2. The number of hydrogen-bond acceptors (Lipinski definition) is 5. The first kappa shape index (κ1) is 16.6. The van der Waals surface area contributed by atoms with Gasteiger partial charge in [-0.25, -0.2) is 14.3 Å². The van der Waals surface area contributed by atoms with Crippen molar-refractivity contribution in [2.75, 3.05) is 36.8 Å². The number of benzene rings is 1. The molecule has 1 aromatic carbocycles. The smallest absolute Gasteiger partial charge is 0.407 e. The third-order valence-corrected chi connectivity index (χ3v) is 5.22. The zero-order chi connectivity index (χ0) is 18.3. The van der Waals surface area contributed by atoms with Crippen LogP contribution in [0.5, 0.6) is 0 Å². The van der Waals surface area contributed by atoms with Gasteiger partial charge in [-0.2, -0.15) is 5.10 Å². The van der Waals surface area contributed by atoms with Crippen molar-refractivity contribution in [1.82, 2.24) is 19.5 Å². The number of fused-ring (bicyclic) bond motifs is 1. The lowest BCUT2D eigenvalue weighted by atomic mass is 10.1. The molecule has 26 heavy (non-hydrogen) atoms. The Bertz CT molecular complexity index is 963. The minimum absolute atomic E-state index is 0.422. The Hall–Kier alpha value is -2.81. The molecule has 0 bridgehead atoms. The van der Waals surface area contributed by atoms with Gasteiger partial charge in [-0.05, 0) is 34.1 Å². The maximum absolute atomic E-state index is 11.0. The minimum atomic E-state index is -0.855. The molecule has 2 aromatic heterocycles. The average molecular weight is 417 g/mol. The van der Waals surface area contributed by atoms with E-state index in [4.69, 9.17) is 10.8 Å². The van der Waals surface area contributed by atoms with Crippen LogP contribution in [-0.4, -0.2) is 56.9 Å². The van der Waals surface area contributed by atoms with Gasteiger partial charge in [-0.3, -0.25) is 0 Å². The number of nitrogen functional groups attached to an aromatic ring is 1. The second-order valence-corrected chi connectivity index (χ2v) is 6.94. The van der Waals surface area contributed by atoms with Gasteiger partial charge in [-0.15, -0.1) is 0 Å². The molecule has 0 saturated carbocycles. The van der Waals surface area contributed by atoms with Gasteiger partial charge in [0.2, 0.25) is 0 Å². The van der Waals surface area contributed by atoms with Crippen LogP contribution >= 0.6 is 15.9 Å². The zero-order valence-corrected chi connectivity index (χ0v) is 15.4. The Morgan fingerprint density at radius 3 is 2.50 bits per heavy atom. The lowest BCUT2D eigenvalue weighted by Crippen LogP contribution is -2.48. The molecule has 1 aliphatic rings. The standard InChI is InChI=1S/C17H17BrN6O2/c18-13-9-14(24-15(13)16(19)20-10-21-24)11-1-3-12(4-2-11)22-5-7-23(8-6-22)17(25)26/h1-4,9-10H,5-8H2,(H,25,26)(H2,19,20,21). The van der Waals surface area contributed by atoms with Gasteiger partial charge >= 0.3 is 6.09 Å². The number of rotatable bonds is 2. The summed E-state index contributed by atoms with van der Waals surface area (Å²) in [4.78, 5) is 18.7. The Balaban J connectivity index is 1.60. The summed E-state index contributed by atoms with van der Waals surface area (Å²) >= 11 is 3.52. The normalized spacial score (nSPS) is 14.8. The van der Waals surface area contributed by atoms with Crippen LogP contribution in [0.3, 0.4) is 0 Å². The van der Waals surface area contributed by atoms with E-state index in [0.29, 0.717) is 32.0 Å². The van der Waals surface area contributed by atoms with E-state index in [2.05, 4.69) is 30.9 Å². The number of carbonyl (C=O) groups is 1. The van der Waals surface area contributed by atoms with Crippen LogP contribution in [0, 0.1) is 0 Å². The monoisotopic (exact) mass is 416 g/mol. The van der Waals surface area contributed by atoms with Gasteiger partial charge in [0.05, 0.1) is 5.69 Å². The average Bonchev–Trinajstić information content (AvgIpc) is 3.00. The van der Waals surface area contributed by atoms with Gasteiger partial charge in [-0.1, -0.05) is 12.1 Å². The van der Waals surface area contributed by atoms with E-state index in [-0.39, 0.29) is 0 Å². The summed E-state index contributed by atoms with van der Waals surface area (Å²) in [5, 5.41) is 13.3. The van der Waals surface area contributed by atoms with E-state index in [1.807, 2.05) is 30.3 Å². The molecule has 0 radical (unpaired) electrons. The molecule has 1 fully saturated rings. The van der Waals surface area contributed by atoms with Gasteiger partial charge in [0.15, 0.2) is 5.82 Å². The predicted octanol–water partition coefficient (Wildman–Crippen LogP) is 2.54. The molecule has 3 heterocycles. The molecule has 3 aromatic rings. The minimum Gasteiger partial charge on any atom is -0.465 e. The van der Waals surface area contributed by atoms with E-state index >= 15 is 0 Å². The number of nitrogens with two attached hydrogens (primary N) is 1. The van der Waals surface area contributed by atoms with Gasteiger partial charge in [0.25, 0.3) is 0 Å². The van der Waals surface area contributed by atoms with Crippen LogP contribution in [0.1, 0.15) is 0 Å². The van der Waals surface area contributed by atoms with E-state index in [1.54, 1.807) is 4.52 Å². The van der Waals surface area contributed by atoms with E-state index in [1.165, 1.54) is 11.2 Å². The van der Waals surface area contributed by atoms with Crippen molar-refractivity contribution in [1.29, 1.82) is 0 Å². The fraction of sp³-hybridized carbons (Fsp3) is 0.235. The highest BCUT2D eigenvalue weighted by Gasteiger charge is 2.20. The van der Waals surface area contributed by atoms with Crippen molar-refractivity contribution >= 4 is 39.0 Å². The van der Waals surface area contributed by atoms with Crippen LogP contribution in [0.2, 0.25) is 0 Å².